The van der Waals surface area contributed by atoms with E-state index < -0.39 is 0 Å². The number of carbonyl (C=O) groups excluding carboxylic acids is 1. The van der Waals surface area contributed by atoms with Crippen LogP contribution in [0.25, 0.3) is 10.9 Å². The fourth-order valence-electron chi connectivity index (χ4n) is 4.00. The molecule has 4 aromatic rings. The maximum absolute atomic E-state index is 13.4. The summed E-state index contributed by atoms with van der Waals surface area (Å²) in [6, 6.07) is 20.7. The van der Waals surface area contributed by atoms with Gasteiger partial charge in [0.15, 0.2) is 11.5 Å². The maximum Gasteiger partial charge on any atom is 0.268 e. The van der Waals surface area contributed by atoms with Gasteiger partial charge < -0.3 is 29.2 Å². The highest BCUT2D eigenvalue weighted by atomic mass is 16.5. The normalized spacial score (nSPS) is 11.6. The summed E-state index contributed by atoms with van der Waals surface area (Å²) in [5.41, 5.74) is 2.91. The summed E-state index contributed by atoms with van der Waals surface area (Å²) in [5.74, 6) is 2.12. The van der Waals surface area contributed by atoms with Gasteiger partial charge in [-0.3, -0.25) is 4.79 Å². The van der Waals surface area contributed by atoms with Crippen LogP contribution in [0.1, 0.15) is 34.6 Å². The van der Waals surface area contributed by atoms with Gasteiger partial charge in [0, 0.05) is 11.5 Å². The molecule has 0 aliphatic rings. The van der Waals surface area contributed by atoms with E-state index >= 15 is 0 Å². The number of nitrogens with one attached hydrogen (secondary N) is 2. The fraction of sp³-hybridized carbons (Fsp3) is 0.222. The molecule has 1 unspecified atom stereocenters. The number of methoxy groups -OCH3 is 3. The van der Waals surface area contributed by atoms with E-state index in [0.29, 0.717) is 35.1 Å². The number of fused-ring (bicyclic) bond motifs is 1. The van der Waals surface area contributed by atoms with Gasteiger partial charge in [-0.25, -0.2) is 0 Å². The summed E-state index contributed by atoms with van der Waals surface area (Å²) >= 11 is 0. The molecular weight excluding hydrogens is 432 g/mol. The lowest BCUT2D eigenvalue weighted by atomic mass is 9.98. The molecule has 7 heteroatoms. The lowest BCUT2D eigenvalue weighted by Gasteiger charge is -2.20. The van der Waals surface area contributed by atoms with E-state index in [0.717, 1.165) is 22.3 Å². The Bertz CT molecular complexity index is 1270. The quantitative estimate of drug-likeness (QED) is 0.363. The Hall–Kier alpha value is -4.13. The number of rotatable bonds is 9. The minimum Gasteiger partial charge on any atom is -0.496 e. The van der Waals surface area contributed by atoms with Crippen LogP contribution in [0.4, 0.5) is 0 Å². The second kappa shape index (κ2) is 10.2. The number of benzene rings is 3. The Morgan fingerprint density at radius 2 is 1.56 bits per heavy atom. The van der Waals surface area contributed by atoms with Crippen LogP contribution in [0.3, 0.4) is 0 Å². The predicted molar refractivity (Wildman–Crippen MR) is 131 cm³/mol. The van der Waals surface area contributed by atoms with Crippen LogP contribution in [-0.4, -0.2) is 38.8 Å². The molecule has 0 radical (unpaired) electrons. The van der Waals surface area contributed by atoms with Gasteiger partial charge in [0.1, 0.15) is 17.2 Å². The highest BCUT2D eigenvalue weighted by Crippen LogP contribution is 2.41. The van der Waals surface area contributed by atoms with Crippen LogP contribution in [0.2, 0.25) is 0 Å². The van der Waals surface area contributed by atoms with E-state index in [1.807, 2.05) is 61.5 Å². The zero-order valence-electron chi connectivity index (χ0n) is 19.7. The minimum atomic E-state index is -0.353. The fourth-order valence-corrected chi connectivity index (χ4v) is 4.00. The van der Waals surface area contributed by atoms with Crippen molar-refractivity contribution in [2.75, 3.05) is 27.9 Å². The number of H-pyrrole nitrogens is 1. The minimum absolute atomic E-state index is 0.262. The lowest BCUT2D eigenvalue weighted by molar-refractivity contribution is 0.0939. The van der Waals surface area contributed by atoms with Gasteiger partial charge in [0.2, 0.25) is 0 Å². The molecule has 1 heterocycles. The molecule has 0 aliphatic heterocycles. The van der Waals surface area contributed by atoms with Crippen LogP contribution < -0.4 is 24.3 Å². The average molecular weight is 461 g/mol. The monoisotopic (exact) mass is 460 g/mol. The molecule has 0 saturated carbocycles. The first-order valence-corrected chi connectivity index (χ1v) is 11.0. The van der Waals surface area contributed by atoms with E-state index in [9.17, 15) is 4.79 Å². The Balaban J connectivity index is 1.71. The molecule has 7 nitrogen and oxygen atoms in total. The number of hydrogen-bond acceptors (Lipinski definition) is 5. The van der Waals surface area contributed by atoms with Crippen LogP contribution in [0, 0.1) is 0 Å². The smallest absolute Gasteiger partial charge is 0.268 e. The first-order valence-electron chi connectivity index (χ1n) is 11.0. The predicted octanol–water partition coefficient (Wildman–Crippen LogP) is 5.11. The van der Waals surface area contributed by atoms with Crippen molar-refractivity contribution < 1.29 is 23.7 Å². The molecule has 176 valence electrons. The molecule has 0 bridgehead atoms. The highest BCUT2D eigenvalue weighted by Gasteiger charge is 2.22. The van der Waals surface area contributed by atoms with Crippen molar-refractivity contribution in [3.05, 3.63) is 83.6 Å². The summed E-state index contributed by atoms with van der Waals surface area (Å²) in [7, 11) is 4.69. The number of hydrogen-bond donors (Lipinski definition) is 2. The third kappa shape index (κ3) is 4.50. The van der Waals surface area contributed by atoms with E-state index in [1.54, 1.807) is 33.5 Å². The average Bonchev–Trinajstić information content (AvgIpc) is 3.33. The Morgan fingerprint density at radius 3 is 2.18 bits per heavy atom. The van der Waals surface area contributed by atoms with E-state index in [2.05, 4.69) is 10.3 Å². The first kappa shape index (κ1) is 23.0. The molecule has 3 aromatic carbocycles. The van der Waals surface area contributed by atoms with Crippen LogP contribution >= 0.6 is 0 Å². The van der Waals surface area contributed by atoms with Gasteiger partial charge in [0.05, 0.1) is 39.5 Å². The molecule has 0 fully saturated rings. The van der Waals surface area contributed by atoms with Crippen LogP contribution in [-0.2, 0) is 0 Å². The van der Waals surface area contributed by atoms with Crippen molar-refractivity contribution in [3.63, 3.8) is 0 Å². The van der Waals surface area contributed by atoms with Crippen molar-refractivity contribution in [1.82, 2.24) is 10.3 Å². The molecule has 34 heavy (non-hydrogen) atoms. The SMILES string of the molecule is CCOc1ccc(C(NC(=O)c2cc3c(OC)cc(OC)c(OC)c3[nH]2)c2ccccc2)cc1. The largest absolute Gasteiger partial charge is 0.496 e. The van der Waals surface area contributed by atoms with Crippen molar-refractivity contribution in [2.24, 2.45) is 0 Å². The molecule has 1 amide bonds. The first-order chi connectivity index (χ1) is 16.6. The van der Waals surface area contributed by atoms with Gasteiger partial charge in [-0.15, -0.1) is 0 Å². The number of aromatic nitrogens is 1. The zero-order chi connectivity index (χ0) is 24.1. The number of ether oxygens (including phenoxy) is 4. The zero-order valence-corrected chi connectivity index (χ0v) is 19.7. The summed E-state index contributed by atoms with van der Waals surface area (Å²) in [4.78, 5) is 16.6. The number of aromatic amines is 1. The third-order valence-corrected chi connectivity index (χ3v) is 5.62. The van der Waals surface area contributed by atoms with Gasteiger partial charge in [0.25, 0.3) is 5.91 Å². The second-order valence-corrected chi connectivity index (χ2v) is 7.61. The van der Waals surface area contributed by atoms with Gasteiger partial charge >= 0.3 is 0 Å². The molecule has 2 N–H and O–H groups in total. The highest BCUT2D eigenvalue weighted by molar-refractivity contribution is 6.02. The number of carbonyl (C=O) groups is 1. The molecule has 1 aromatic heterocycles. The Morgan fingerprint density at radius 1 is 0.882 bits per heavy atom. The van der Waals surface area contributed by atoms with Crippen molar-refractivity contribution >= 4 is 16.8 Å². The number of amides is 1. The van der Waals surface area contributed by atoms with E-state index in [4.69, 9.17) is 18.9 Å². The molecule has 1 atom stereocenters. The standard InChI is InChI=1S/C27H28N2O5/c1-5-34-19-13-11-18(12-14-19)24(17-9-7-6-8-10-17)29-27(30)21-15-20-22(31-2)16-23(32-3)26(33-4)25(20)28-21/h6-16,24,28H,5H2,1-4H3,(H,29,30). The molecule has 0 spiro atoms. The van der Waals surface area contributed by atoms with Crippen molar-refractivity contribution in [3.8, 4) is 23.0 Å². The third-order valence-electron chi connectivity index (χ3n) is 5.62. The summed E-state index contributed by atoms with van der Waals surface area (Å²) in [6.45, 7) is 2.54. The van der Waals surface area contributed by atoms with E-state index in [1.165, 1.54) is 0 Å². The molecular formula is C27H28N2O5. The second-order valence-electron chi connectivity index (χ2n) is 7.61. The summed E-state index contributed by atoms with van der Waals surface area (Å²) in [6.07, 6.45) is 0. The van der Waals surface area contributed by atoms with Crippen LogP contribution in [0.5, 0.6) is 23.0 Å². The summed E-state index contributed by atoms with van der Waals surface area (Å²) in [5, 5.41) is 3.88. The lowest BCUT2D eigenvalue weighted by Crippen LogP contribution is -2.29. The van der Waals surface area contributed by atoms with Gasteiger partial charge in [-0.05, 0) is 36.2 Å². The molecule has 0 aliphatic carbocycles. The van der Waals surface area contributed by atoms with Crippen molar-refractivity contribution in [1.29, 1.82) is 0 Å². The van der Waals surface area contributed by atoms with Crippen LogP contribution in [0.15, 0.2) is 66.7 Å². The Labute approximate surface area is 198 Å². The molecule has 0 saturated heterocycles. The molecule has 4 rings (SSSR count). The topological polar surface area (TPSA) is 81.8 Å². The summed E-state index contributed by atoms with van der Waals surface area (Å²) < 4.78 is 22.0. The van der Waals surface area contributed by atoms with Gasteiger partial charge in [-0.1, -0.05) is 42.5 Å². The van der Waals surface area contributed by atoms with Gasteiger partial charge in [-0.2, -0.15) is 0 Å². The van der Waals surface area contributed by atoms with E-state index in [-0.39, 0.29) is 11.9 Å². The Kier molecular flexibility index (Phi) is 6.92. The van der Waals surface area contributed by atoms with Crippen molar-refractivity contribution in [2.45, 2.75) is 13.0 Å². The maximum atomic E-state index is 13.4.